The van der Waals surface area contributed by atoms with Crippen molar-refractivity contribution in [3.63, 3.8) is 0 Å². The normalized spacial score (nSPS) is 19.3. The second-order valence-electron chi connectivity index (χ2n) is 8.13. The van der Waals surface area contributed by atoms with Crippen LogP contribution in [0.2, 0.25) is 0 Å². The van der Waals surface area contributed by atoms with E-state index in [1.54, 1.807) is 37.9 Å². The van der Waals surface area contributed by atoms with E-state index in [9.17, 15) is 9.59 Å². The average Bonchev–Trinajstić information content (AvgIpc) is 2.99. The number of benzene rings is 1. The van der Waals surface area contributed by atoms with Crippen LogP contribution in [0, 0.1) is 0 Å². The van der Waals surface area contributed by atoms with Crippen molar-refractivity contribution >= 4 is 23.7 Å². The summed E-state index contributed by atoms with van der Waals surface area (Å²) in [4.78, 5) is 28.8. The maximum atomic E-state index is 12.9. The Bertz CT molecular complexity index is 735. The standard InChI is InChI=1S/C21H33N3O4S/c1-8-17-18(25)24(12-11-23(5)20(26)22-21(2,3)4)19(29-17)14-9-10-15(27-6)16(13-14)28-7/h9-10,13,17,19H,8,11-12H2,1-7H3,(H,22,26)/t17-,19-/m0/s1. The summed E-state index contributed by atoms with van der Waals surface area (Å²) in [5, 5.41) is 2.74. The largest absolute Gasteiger partial charge is 0.493 e. The number of urea groups is 1. The Morgan fingerprint density at radius 2 is 1.90 bits per heavy atom. The summed E-state index contributed by atoms with van der Waals surface area (Å²) in [5.41, 5.74) is 0.680. The molecule has 2 atom stereocenters. The van der Waals surface area contributed by atoms with Crippen molar-refractivity contribution in [3.8, 4) is 11.5 Å². The third kappa shape index (κ3) is 5.72. The second-order valence-corrected chi connectivity index (χ2v) is 9.42. The van der Waals surface area contributed by atoms with Gasteiger partial charge in [0.1, 0.15) is 5.37 Å². The number of nitrogens with zero attached hydrogens (tertiary/aromatic N) is 2. The van der Waals surface area contributed by atoms with Gasteiger partial charge in [-0.3, -0.25) is 4.79 Å². The highest BCUT2D eigenvalue weighted by atomic mass is 32.2. The van der Waals surface area contributed by atoms with E-state index in [2.05, 4.69) is 5.32 Å². The molecule has 0 spiro atoms. The molecule has 1 heterocycles. The van der Waals surface area contributed by atoms with Crippen molar-refractivity contribution in [2.75, 3.05) is 34.4 Å². The van der Waals surface area contributed by atoms with Crippen LogP contribution in [0.25, 0.3) is 0 Å². The molecular weight excluding hydrogens is 390 g/mol. The molecule has 0 aromatic heterocycles. The maximum Gasteiger partial charge on any atom is 0.317 e. The molecule has 0 radical (unpaired) electrons. The lowest BCUT2D eigenvalue weighted by Gasteiger charge is -2.29. The van der Waals surface area contributed by atoms with Crippen LogP contribution in [-0.4, -0.2) is 66.9 Å². The first kappa shape index (κ1) is 23.2. The highest BCUT2D eigenvalue weighted by Gasteiger charge is 2.40. The van der Waals surface area contributed by atoms with Gasteiger partial charge in [0.05, 0.1) is 19.5 Å². The predicted octanol–water partition coefficient (Wildman–Crippen LogP) is 3.50. The molecule has 1 saturated heterocycles. The Kier molecular flexibility index (Phi) is 7.68. The van der Waals surface area contributed by atoms with E-state index in [1.807, 2.05) is 50.8 Å². The van der Waals surface area contributed by atoms with Crippen molar-refractivity contribution in [2.45, 2.75) is 50.3 Å². The van der Waals surface area contributed by atoms with Gasteiger partial charge >= 0.3 is 6.03 Å². The molecule has 0 bridgehead atoms. The number of amides is 3. The minimum absolute atomic E-state index is 0.0817. The Balaban J connectivity index is 2.17. The lowest BCUT2D eigenvalue weighted by Crippen LogP contribution is -2.49. The lowest BCUT2D eigenvalue weighted by molar-refractivity contribution is -0.130. The number of carbonyl (C=O) groups is 2. The number of carbonyl (C=O) groups excluding carboxylic acids is 2. The molecule has 3 amide bonds. The quantitative estimate of drug-likeness (QED) is 0.727. The molecule has 2 rings (SSSR count). The fourth-order valence-electron chi connectivity index (χ4n) is 3.13. The second kappa shape index (κ2) is 9.61. The molecule has 1 aromatic rings. The molecule has 7 nitrogen and oxygen atoms in total. The molecular formula is C21H33N3O4S. The van der Waals surface area contributed by atoms with E-state index in [1.165, 1.54) is 0 Å². The van der Waals surface area contributed by atoms with E-state index in [-0.39, 0.29) is 28.1 Å². The number of hydrogen-bond donors (Lipinski definition) is 1. The number of ether oxygens (including phenoxy) is 2. The smallest absolute Gasteiger partial charge is 0.317 e. The Morgan fingerprint density at radius 3 is 2.45 bits per heavy atom. The number of methoxy groups -OCH3 is 2. The summed E-state index contributed by atoms with van der Waals surface area (Å²) in [6.07, 6.45) is 0.768. The van der Waals surface area contributed by atoms with Gasteiger partial charge in [0.15, 0.2) is 11.5 Å². The van der Waals surface area contributed by atoms with Crippen LogP contribution in [0.5, 0.6) is 11.5 Å². The van der Waals surface area contributed by atoms with Gasteiger partial charge < -0.3 is 24.6 Å². The molecule has 0 aliphatic carbocycles. The summed E-state index contributed by atoms with van der Waals surface area (Å²) in [6.45, 7) is 8.77. The van der Waals surface area contributed by atoms with Gasteiger partial charge in [0.2, 0.25) is 5.91 Å². The van der Waals surface area contributed by atoms with Crippen LogP contribution < -0.4 is 14.8 Å². The molecule has 1 aromatic carbocycles. The third-order valence-electron chi connectivity index (χ3n) is 4.70. The van der Waals surface area contributed by atoms with E-state index in [0.29, 0.717) is 24.6 Å². The van der Waals surface area contributed by atoms with Crippen LogP contribution >= 0.6 is 11.8 Å². The SMILES string of the molecule is CC[C@@H]1S[C@@H](c2ccc(OC)c(OC)c2)N(CCN(C)C(=O)NC(C)(C)C)C1=O. The summed E-state index contributed by atoms with van der Waals surface area (Å²) >= 11 is 1.64. The average molecular weight is 424 g/mol. The summed E-state index contributed by atoms with van der Waals surface area (Å²) in [7, 11) is 4.95. The molecule has 0 saturated carbocycles. The van der Waals surface area contributed by atoms with Crippen molar-refractivity contribution in [2.24, 2.45) is 0 Å². The molecule has 1 N–H and O–H groups in total. The molecule has 0 unspecified atom stereocenters. The highest BCUT2D eigenvalue weighted by Crippen LogP contribution is 2.45. The number of thioether (sulfide) groups is 1. The highest BCUT2D eigenvalue weighted by molar-refractivity contribution is 8.01. The molecule has 162 valence electrons. The van der Waals surface area contributed by atoms with Crippen LogP contribution in [0.1, 0.15) is 45.1 Å². The minimum Gasteiger partial charge on any atom is -0.493 e. The number of nitrogens with one attached hydrogen (secondary N) is 1. The first-order chi connectivity index (χ1) is 13.6. The minimum atomic E-state index is -0.305. The van der Waals surface area contributed by atoms with E-state index >= 15 is 0 Å². The molecule has 1 aliphatic rings. The van der Waals surface area contributed by atoms with Crippen molar-refractivity contribution in [1.29, 1.82) is 0 Å². The van der Waals surface area contributed by atoms with Gasteiger partial charge in [-0.1, -0.05) is 13.0 Å². The molecule has 1 fully saturated rings. The first-order valence-corrected chi connectivity index (χ1v) is 10.8. The summed E-state index contributed by atoms with van der Waals surface area (Å²) in [6, 6.07) is 5.60. The zero-order valence-electron chi connectivity index (χ0n) is 18.4. The van der Waals surface area contributed by atoms with Crippen LogP contribution in [0.15, 0.2) is 18.2 Å². The van der Waals surface area contributed by atoms with Crippen molar-refractivity contribution in [1.82, 2.24) is 15.1 Å². The zero-order valence-corrected chi connectivity index (χ0v) is 19.3. The topological polar surface area (TPSA) is 71.1 Å². The van der Waals surface area contributed by atoms with Crippen molar-refractivity contribution < 1.29 is 19.1 Å². The molecule has 29 heavy (non-hydrogen) atoms. The lowest BCUT2D eigenvalue weighted by atomic mass is 10.1. The number of rotatable bonds is 7. The Labute approximate surface area is 178 Å². The first-order valence-electron chi connectivity index (χ1n) is 9.82. The summed E-state index contributed by atoms with van der Waals surface area (Å²) < 4.78 is 10.8. The van der Waals surface area contributed by atoms with Crippen molar-refractivity contribution in [3.05, 3.63) is 23.8 Å². The van der Waals surface area contributed by atoms with Gasteiger partial charge in [0.25, 0.3) is 0 Å². The Hall–Kier alpha value is -2.09. The molecule has 1 aliphatic heterocycles. The maximum absolute atomic E-state index is 12.9. The van der Waals surface area contributed by atoms with Gasteiger partial charge in [-0.2, -0.15) is 0 Å². The van der Waals surface area contributed by atoms with Crippen LogP contribution in [-0.2, 0) is 4.79 Å². The number of likely N-dealkylation sites (N-methyl/N-ethyl adjacent to an activating group) is 1. The van der Waals surface area contributed by atoms with Crippen LogP contribution in [0.3, 0.4) is 0 Å². The monoisotopic (exact) mass is 423 g/mol. The number of hydrogen-bond acceptors (Lipinski definition) is 5. The van der Waals surface area contributed by atoms with Crippen LogP contribution in [0.4, 0.5) is 4.79 Å². The van der Waals surface area contributed by atoms with E-state index in [4.69, 9.17) is 9.47 Å². The van der Waals surface area contributed by atoms with E-state index < -0.39 is 0 Å². The van der Waals surface area contributed by atoms with Gasteiger partial charge in [-0.25, -0.2) is 4.79 Å². The Morgan fingerprint density at radius 1 is 1.24 bits per heavy atom. The zero-order chi connectivity index (χ0) is 21.8. The summed E-state index contributed by atoms with van der Waals surface area (Å²) in [5.74, 6) is 1.41. The third-order valence-corrected chi connectivity index (χ3v) is 6.35. The van der Waals surface area contributed by atoms with Gasteiger partial charge in [0, 0.05) is 25.7 Å². The van der Waals surface area contributed by atoms with Gasteiger partial charge in [-0.05, 0) is 44.9 Å². The van der Waals surface area contributed by atoms with E-state index in [0.717, 1.165) is 12.0 Å². The fraction of sp³-hybridized carbons (Fsp3) is 0.619. The fourth-order valence-corrected chi connectivity index (χ4v) is 4.54. The predicted molar refractivity (Wildman–Crippen MR) is 117 cm³/mol. The molecule has 8 heteroatoms. The van der Waals surface area contributed by atoms with Gasteiger partial charge in [-0.15, -0.1) is 11.8 Å².